The van der Waals surface area contributed by atoms with E-state index < -0.39 is 11.6 Å². The smallest absolute Gasteiger partial charge is 0.233 e. The summed E-state index contributed by atoms with van der Waals surface area (Å²) >= 11 is 6.36. The number of benzene rings is 1. The van der Waals surface area contributed by atoms with E-state index in [1.807, 2.05) is 17.0 Å². The van der Waals surface area contributed by atoms with Gasteiger partial charge < -0.3 is 24.8 Å². The molecule has 0 aliphatic carbocycles. The molecule has 0 saturated carbocycles. The highest BCUT2D eigenvalue weighted by molar-refractivity contribution is 6.32. The van der Waals surface area contributed by atoms with Crippen molar-refractivity contribution < 1.29 is 13.5 Å². The first-order valence-corrected chi connectivity index (χ1v) is 11.8. The number of halogens is 3. The third-order valence-electron chi connectivity index (χ3n) is 6.00. The number of pyridine rings is 1. The van der Waals surface area contributed by atoms with Crippen molar-refractivity contribution >= 4 is 41.0 Å². The maximum absolute atomic E-state index is 13.8. The molecule has 2 fully saturated rings. The van der Waals surface area contributed by atoms with Crippen LogP contribution in [0.2, 0.25) is 5.02 Å². The Kier molecular flexibility index (Phi) is 6.78. The van der Waals surface area contributed by atoms with Crippen molar-refractivity contribution in [1.29, 1.82) is 0 Å². The second-order valence-electron chi connectivity index (χ2n) is 8.41. The molecule has 12 heteroatoms. The van der Waals surface area contributed by atoms with E-state index in [9.17, 15) is 8.78 Å². The maximum atomic E-state index is 13.8. The number of morpholine rings is 1. The van der Waals surface area contributed by atoms with Gasteiger partial charge in [-0.25, -0.2) is 13.8 Å². The van der Waals surface area contributed by atoms with E-state index in [2.05, 4.69) is 37.0 Å². The fourth-order valence-electron chi connectivity index (χ4n) is 4.20. The van der Waals surface area contributed by atoms with Crippen LogP contribution in [0.1, 0.15) is 6.92 Å². The lowest BCUT2D eigenvalue weighted by molar-refractivity contribution is 0.122. The van der Waals surface area contributed by atoms with E-state index in [0.29, 0.717) is 68.5 Å². The summed E-state index contributed by atoms with van der Waals surface area (Å²) in [6.07, 6.45) is 1.73. The molecule has 0 amide bonds. The molecule has 184 valence electrons. The zero-order valence-corrected chi connectivity index (χ0v) is 19.9. The van der Waals surface area contributed by atoms with Crippen molar-refractivity contribution in [3.05, 3.63) is 53.2 Å². The topological polar surface area (TPSA) is 82.5 Å². The molecule has 0 bridgehead atoms. The molecule has 1 N–H and O–H groups in total. The maximum Gasteiger partial charge on any atom is 0.233 e. The van der Waals surface area contributed by atoms with Crippen LogP contribution in [0.4, 0.5) is 38.1 Å². The second kappa shape index (κ2) is 10.1. The molecule has 2 aliphatic heterocycles. The monoisotopic (exact) mass is 502 g/mol. The standard InChI is InChI=1S/C23H25ClF2N8O/c1-15-14-33(20-17(24)3-2-6-27-20)7-8-34(15)23-30-21(28-16-4-5-18(25)19(26)13-16)29-22(31-23)32-9-11-35-12-10-32/h2-6,13,15H,7-12,14H2,1H3,(H,28,29,30,31)/t15-/m1/s1. The summed E-state index contributed by atoms with van der Waals surface area (Å²) < 4.78 is 32.6. The highest BCUT2D eigenvalue weighted by Crippen LogP contribution is 2.28. The molecule has 0 unspecified atom stereocenters. The molecular formula is C23H25ClF2N8O. The summed E-state index contributed by atoms with van der Waals surface area (Å²) in [6.45, 7) is 6.55. The second-order valence-corrected chi connectivity index (χ2v) is 8.82. The Hall–Kier alpha value is -3.31. The van der Waals surface area contributed by atoms with Crippen LogP contribution in [0, 0.1) is 11.6 Å². The molecule has 4 heterocycles. The average Bonchev–Trinajstić information content (AvgIpc) is 2.87. The van der Waals surface area contributed by atoms with E-state index in [4.69, 9.17) is 21.3 Å². The van der Waals surface area contributed by atoms with Gasteiger partial charge in [0, 0.05) is 56.7 Å². The highest BCUT2D eigenvalue weighted by atomic mass is 35.5. The first kappa shape index (κ1) is 23.4. The van der Waals surface area contributed by atoms with E-state index >= 15 is 0 Å². The molecule has 2 saturated heterocycles. The van der Waals surface area contributed by atoms with Gasteiger partial charge in [-0.2, -0.15) is 15.0 Å². The van der Waals surface area contributed by atoms with E-state index in [0.717, 1.165) is 18.0 Å². The number of hydrogen-bond donors (Lipinski definition) is 1. The number of piperazine rings is 1. The van der Waals surface area contributed by atoms with Crippen LogP contribution in [0.5, 0.6) is 0 Å². The third-order valence-corrected chi connectivity index (χ3v) is 6.30. The van der Waals surface area contributed by atoms with Crippen molar-refractivity contribution in [2.75, 3.05) is 66.0 Å². The number of nitrogens with one attached hydrogen (secondary N) is 1. The van der Waals surface area contributed by atoms with Gasteiger partial charge in [-0.05, 0) is 31.2 Å². The van der Waals surface area contributed by atoms with Gasteiger partial charge in [0.05, 0.1) is 18.2 Å². The Balaban J connectivity index is 1.42. The zero-order valence-electron chi connectivity index (χ0n) is 19.2. The van der Waals surface area contributed by atoms with Gasteiger partial charge in [-0.1, -0.05) is 11.6 Å². The summed E-state index contributed by atoms with van der Waals surface area (Å²) in [6, 6.07) is 7.27. The van der Waals surface area contributed by atoms with Crippen LogP contribution in [0.3, 0.4) is 0 Å². The van der Waals surface area contributed by atoms with Crippen molar-refractivity contribution in [3.63, 3.8) is 0 Å². The molecule has 5 rings (SSSR count). The summed E-state index contributed by atoms with van der Waals surface area (Å²) in [7, 11) is 0. The number of anilines is 5. The quantitative estimate of drug-likeness (QED) is 0.563. The predicted molar refractivity (Wildman–Crippen MR) is 131 cm³/mol. The number of hydrogen-bond acceptors (Lipinski definition) is 9. The first-order valence-electron chi connectivity index (χ1n) is 11.4. The normalized spacial score (nSPS) is 18.6. The Labute approximate surface area is 206 Å². The first-order chi connectivity index (χ1) is 17.0. The predicted octanol–water partition coefficient (Wildman–Crippen LogP) is 3.49. The van der Waals surface area contributed by atoms with Crippen molar-refractivity contribution in [2.45, 2.75) is 13.0 Å². The largest absolute Gasteiger partial charge is 0.378 e. The zero-order chi connectivity index (χ0) is 24.4. The van der Waals surface area contributed by atoms with E-state index in [1.165, 1.54) is 6.07 Å². The molecular weight excluding hydrogens is 478 g/mol. The van der Waals surface area contributed by atoms with Crippen LogP contribution in [-0.4, -0.2) is 71.9 Å². The van der Waals surface area contributed by atoms with Gasteiger partial charge in [0.15, 0.2) is 11.6 Å². The number of rotatable bonds is 5. The van der Waals surface area contributed by atoms with Gasteiger partial charge in [-0.3, -0.25) is 0 Å². The average molecular weight is 503 g/mol. The molecule has 35 heavy (non-hydrogen) atoms. The Morgan fingerprint density at radius 3 is 2.51 bits per heavy atom. The minimum Gasteiger partial charge on any atom is -0.378 e. The van der Waals surface area contributed by atoms with Crippen molar-refractivity contribution in [1.82, 2.24) is 19.9 Å². The Bertz CT molecular complexity index is 1200. The number of ether oxygens (including phenoxy) is 1. The lowest BCUT2D eigenvalue weighted by Gasteiger charge is -2.40. The minimum atomic E-state index is -0.949. The van der Waals surface area contributed by atoms with Crippen LogP contribution in [-0.2, 0) is 4.74 Å². The minimum absolute atomic E-state index is 0.0536. The van der Waals surface area contributed by atoms with Gasteiger partial charge in [-0.15, -0.1) is 0 Å². The molecule has 9 nitrogen and oxygen atoms in total. The van der Waals surface area contributed by atoms with Gasteiger partial charge in [0.2, 0.25) is 17.8 Å². The SMILES string of the molecule is C[C@@H]1CN(c2ncccc2Cl)CCN1c1nc(Nc2ccc(F)c(F)c2)nc(N2CCOCC2)n1. The molecule has 0 spiro atoms. The lowest BCUT2D eigenvalue weighted by atomic mass is 10.2. The summed E-state index contributed by atoms with van der Waals surface area (Å²) in [4.78, 5) is 24.7. The summed E-state index contributed by atoms with van der Waals surface area (Å²) in [5, 5.41) is 3.61. The lowest BCUT2D eigenvalue weighted by Crippen LogP contribution is -2.53. The molecule has 2 aliphatic rings. The highest BCUT2D eigenvalue weighted by Gasteiger charge is 2.29. The van der Waals surface area contributed by atoms with Crippen molar-refractivity contribution in [2.24, 2.45) is 0 Å². The molecule has 3 aromatic rings. The van der Waals surface area contributed by atoms with Gasteiger partial charge in [0.25, 0.3) is 0 Å². The molecule has 2 aromatic heterocycles. The Morgan fingerprint density at radius 1 is 0.971 bits per heavy atom. The van der Waals surface area contributed by atoms with Gasteiger partial charge in [0.1, 0.15) is 5.82 Å². The molecule has 0 radical (unpaired) electrons. The van der Waals surface area contributed by atoms with Crippen LogP contribution in [0.15, 0.2) is 36.5 Å². The fraction of sp³-hybridized carbons (Fsp3) is 0.391. The third kappa shape index (κ3) is 5.20. The molecule has 1 aromatic carbocycles. The summed E-state index contributed by atoms with van der Waals surface area (Å²) in [5.74, 6) is 0.156. The molecule has 1 atom stereocenters. The Morgan fingerprint density at radius 2 is 1.77 bits per heavy atom. The van der Waals surface area contributed by atoms with E-state index in [1.54, 1.807) is 6.20 Å². The van der Waals surface area contributed by atoms with Gasteiger partial charge >= 0.3 is 0 Å². The van der Waals surface area contributed by atoms with Crippen molar-refractivity contribution in [3.8, 4) is 0 Å². The number of aromatic nitrogens is 4. The number of nitrogens with zero attached hydrogens (tertiary/aromatic N) is 7. The fourth-order valence-corrected chi connectivity index (χ4v) is 4.44. The van der Waals surface area contributed by atoms with Crippen LogP contribution in [0.25, 0.3) is 0 Å². The van der Waals surface area contributed by atoms with Crippen LogP contribution >= 0.6 is 11.6 Å². The van der Waals surface area contributed by atoms with Crippen LogP contribution < -0.4 is 20.0 Å². The van der Waals surface area contributed by atoms with E-state index in [-0.39, 0.29) is 12.0 Å². The summed E-state index contributed by atoms with van der Waals surface area (Å²) in [5.41, 5.74) is 0.344.